The van der Waals surface area contributed by atoms with Gasteiger partial charge in [0, 0.05) is 16.8 Å². The zero-order valence-corrected chi connectivity index (χ0v) is 19.2. The molecule has 0 aromatic heterocycles. The number of hydrogen-bond acceptors (Lipinski definition) is 3. The summed E-state index contributed by atoms with van der Waals surface area (Å²) in [7, 11) is 0. The summed E-state index contributed by atoms with van der Waals surface area (Å²) in [5.41, 5.74) is 2.08. The van der Waals surface area contributed by atoms with E-state index < -0.39 is 0 Å². The van der Waals surface area contributed by atoms with E-state index in [4.69, 9.17) is 28.8 Å². The number of guanidine groups is 1. The summed E-state index contributed by atoms with van der Waals surface area (Å²) < 4.78 is 0. The summed E-state index contributed by atoms with van der Waals surface area (Å²) in [6.45, 7) is 0.677. The first kappa shape index (κ1) is 21.8. The molecular formula is C25H29ClN4S. The van der Waals surface area contributed by atoms with Gasteiger partial charge < -0.3 is 10.6 Å². The molecule has 0 saturated heterocycles. The number of hydrogen-bond donors (Lipinski definition) is 2. The van der Waals surface area contributed by atoms with E-state index in [0.29, 0.717) is 22.7 Å². The number of nitrogens with one attached hydrogen (secondary N) is 2. The third-order valence-corrected chi connectivity index (χ3v) is 6.32. The van der Waals surface area contributed by atoms with E-state index >= 15 is 0 Å². The standard InChI is InChI=1S/C25H29ClN4S/c26-20-13-10-16-22(17-20)29-25(31)30-23(19-11-6-5-7-12-19)18-27-24(30)28-21-14-8-3-1-2-4-9-15-21/h1,3,5-7,10-13,16-17,21,23H,2,4,8-9,14-15,18H2,(H,27,28)(H,29,31). The zero-order valence-electron chi connectivity index (χ0n) is 17.6. The van der Waals surface area contributed by atoms with Gasteiger partial charge in [-0.05, 0) is 68.1 Å². The molecule has 0 bridgehead atoms. The summed E-state index contributed by atoms with van der Waals surface area (Å²) in [5.74, 6) is 0.863. The van der Waals surface area contributed by atoms with E-state index in [1.54, 1.807) is 0 Å². The molecule has 2 unspecified atom stereocenters. The van der Waals surface area contributed by atoms with Crippen molar-refractivity contribution in [2.45, 2.75) is 50.6 Å². The fourth-order valence-electron chi connectivity index (χ4n) is 4.17. The Morgan fingerprint density at radius 2 is 1.84 bits per heavy atom. The van der Waals surface area contributed by atoms with Gasteiger partial charge in [-0.15, -0.1) is 0 Å². The number of benzene rings is 2. The van der Waals surface area contributed by atoms with Crippen LogP contribution in [0.15, 0.2) is 71.7 Å². The molecule has 1 aliphatic heterocycles. The summed E-state index contributed by atoms with van der Waals surface area (Å²) in [5, 5.41) is 8.40. The predicted octanol–water partition coefficient (Wildman–Crippen LogP) is 6.32. The van der Waals surface area contributed by atoms with E-state index in [-0.39, 0.29) is 6.04 Å². The van der Waals surface area contributed by atoms with Crippen LogP contribution in [-0.4, -0.2) is 28.6 Å². The van der Waals surface area contributed by atoms with Crippen molar-refractivity contribution in [1.29, 1.82) is 0 Å². The smallest absolute Gasteiger partial charge is 0.201 e. The van der Waals surface area contributed by atoms with Crippen LogP contribution in [0.25, 0.3) is 0 Å². The summed E-state index contributed by atoms with van der Waals surface area (Å²) in [6.07, 6.45) is 11.6. The van der Waals surface area contributed by atoms with Crippen LogP contribution in [0.2, 0.25) is 5.02 Å². The second kappa shape index (κ2) is 10.8. The van der Waals surface area contributed by atoms with Crippen LogP contribution in [0.3, 0.4) is 0 Å². The fraction of sp³-hybridized carbons (Fsp3) is 0.360. The molecule has 4 rings (SSSR count). The Bertz CT molecular complexity index is 944. The van der Waals surface area contributed by atoms with Crippen LogP contribution in [-0.2, 0) is 0 Å². The van der Waals surface area contributed by atoms with Crippen molar-refractivity contribution in [1.82, 2.24) is 10.2 Å². The minimum atomic E-state index is 0.0686. The largest absolute Gasteiger partial charge is 0.353 e. The van der Waals surface area contributed by atoms with Crippen molar-refractivity contribution in [2.75, 3.05) is 11.9 Å². The molecule has 2 aromatic rings. The molecule has 1 heterocycles. The Hall–Kier alpha value is -2.37. The van der Waals surface area contributed by atoms with Gasteiger partial charge in [-0.2, -0.15) is 0 Å². The molecule has 0 amide bonds. The third-order valence-electron chi connectivity index (χ3n) is 5.79. The number of rotatable bonds is 3. The second-order valence-corrected chi connectivity index (χ2v) is 8.90. The number of aliphatic imine (C=N–C) groups is 1. The Morgan fingerprint density at radius 3 is 2.68 bits per heavy atom. The Labute approximate surface area is 195 Å². The van der Waals surface area contributed by atoms with Crippen LogP contribution >= 0.6 is 23.8 Å². The highest BCUT2D eigenvalue weighted by Gasteiger charge is 2.33. The summed E-state index contributed by atoms with van der Waals surface area (Å²) in [6, 6.07) is 18.6. The van der Waals surface area contributed by atoms with Crippen molar-refractivity contribution in [3.05, 3.63) is 77.3 Å². The molecule has 162 valence electrons. The monoisotopic (exact) mass is 452 g/mol. The molecule has 1 aliphatic carbocycles. The van der Waals surface area contributed by atoms with Crippen LogP contribution in [0.4, 0.5) is 5.69 Å². The molecule has 0 radical (unpaired) electrons. The lowest BCUT2D eigenvalue weighted by Crippen LogP contribution is -2.48. The SMILES string of the molecule is S=C(Nc1cccc(Cl)c1)N1C(NC2CCC=CCCCC2)=NCC1c1ccccc1. The molecule has 0 saturated carbocycles. The Morgan fingerprint density at radius 1 is 1.00 bits per heavy atom. The third kappa shape index (κ3) is 5.86. The highest BCUT2D eigenvalue weighted by molar-refractivity contribution is 7.80. The topological polar surface area (TPSA) is 39.7 Å². The van der Waals surface area contributed by atoms with Crippen molar-refractivity contribution in [3.63, 3.8) is 0 Å². The fourth-order valence-corrected chi connectivity index (χ4v) is 4.69. The van der Waals surface area contributed by atoms with Gasteiger partial charge in [0.25, 0.3) is 0 Å². The average molecular weight is 453 g/mol. The number of nitrogens with zero attached hydrogens (tertiary/aromatic N) is 2. The number of thiocarbonyl (C=S) groups is 1. The van der Waals surface area contributed by atoms with Gasteiger partial charge in [0.05, 0.1) is 12.6 Å². The van der Waals surface area contributed by atoms with E-state index in [1.165, 1.54) is 24.8 Å². The predicted molar refractivity (Wildman–Crippen MR) is 135 cm³/mol. The first-order chi connectivity index (χ1) is 15.2. The van der Waals surface area contributed by atoms with E-state index in [2.05, 4.69) is 52.0 Å². The molecule has 0 fully saturated rings. The van der Waals surface area contributed by atoms with Crippen molar-refractivity contribution < 1.29 is 0 Å². The van der Waals surface area contributed by atoms with E-state index in [1.807, 2.05) is 30.3 Å². The molecule has 0 spiro atoms. The van der Waals surface area contributed by atoms with Crippen LogP contribution in [0.5, 0.6) is 0 Å². The molecule has 6 heteroatoms. The minimum Gasteiger partial charge on any atom is -0.353 e. The van der Waals surface area contributed by atoms with Crippen molar-refractivity contribution in [3.8, 4) is 0 Å². The first-order valence-corrected chi connectivity index (χ1v) is 11.9. The number of halogens is 1. The summed E-state index contributed by atoms with van der Waals surface area (Å²) >= 11 is 12.0. The minimum absolute atomic E-state index is 0.0686. The van der Waals surface area contributed by atoms with Gasteiger partial charge in [-0.1, -0.05) is 66.6 Å². The van der Waals surface area contributed by atoms with Gasteiger partial charge in [0.1, 0.15) is 0 Å². The normalized spacial score (nSPS) is 21.6. The zero-order chi connectivity index (χ0) is 21.5. The highest BCUT2D eigenvalue weighted by atomic mass is 35.5. The molecular weight excluding hydrogens is 424 g/mol. The van der Waals surface area contributed by atoms with Gasteiger partial charge in [-0.3, -0.25) is 9.89 Å². The maximum absolute atomic E-state index is 6.17. The Balaban J connectivity index is 1.54. The molecule has 2 aromatic carbocycles. The van der Waals surface area contributed by atoms with Gasteiger partial charge in [0.15, 0.2) is 5.11 Å². The van der Waals surface area contributed by atoms with Crippen molar-refractivity contribution >= 4 is 40.6 Å². The number of allylic oxidation sites excluding steroid dienone is 2. The van der Waals surface area contributed by atoms with Crippen molar-refractivity contribution in [2.24, 2.45) is 4.99 Å². The van der Waals surface area contributed by atoms with Crippen LogP contribution in [0, 0.1) is 0 Å². The molecule has 2 atom stereocenters. The van der Waals surface area contributed by atoms with Crippen LogP contribution in [0.1, 0.15) is 50.1 Å². The van der Waals surface area contributed by atoms with Gasteiger partial charge in [-0.25, -0.2) is 0 Å². The molecule has 2 aliphatic rings. The Kier molecular flexibility index (Phi) is 7.60. The van der Waals surface area contributed by atoms with Gasteiger partial charge in [0.2, 0.25) is 5.96 Å². The maximum atomic E-state index is 6.17. The number of anilines is 1. The molecule has 4 nitrogen and oxygen atoms in total. The van der Waals surface area contributed by atoms with E-state index in [9.17, 15) is 0 Å². The maximum Gasteiger partial charge on any atom is 0.201 e. The summed E-state index contributed by atoms with van der Waals surface area (Å²) in [4.78, 5) is 7.02. The highest BCUT2D eigenvalue weighted by Crippen LogP contribution is 2.28. The lowest BCUT2D eigenvalue weighted by Gasteiger charge is -2.31. The quantitative estimate of drug-likeness (QED) is 0.422. The average Bonchev–Trinajstić information content (AvgIpc) is 3.24. The van der Waals surface area contributed by atoms with Gasteiger partial charge >= 0.3 is 0 Å². The molecule has 31 heavy (non-hydrogen) atoms. The first-order valence-electron chi connectivity index (χ1n) is 11.1. The van der Waals surface area contributed by atoms with Crippen LogP contribution < -0.4 is 10.6 Å². The lowest BCUT2D eigenvalue weighted by atomic mass is 10.1. The van der Waals surface area contributed by atoms with E-state index in [0.717, 1.165) is 30.9 Å². The molecule has 2 N–H and O–H groups in total. The second-order valence-electron chi connectivity index (χ2n) is 8.08. The lowest BCUT2D eigenvalue weighted by molar-refractivity contribution is 0.453.